The second kappa shape index (κ2) is 7.85. The molecule has 0 atom stereocenters. The standard InChI is InChI=1S/C28H21ClO/c1-2-20-21(17-10-18-26(20)30-29)28-24-15-8-6-13-22(24)27(19-11-4-3-5-12-19)23-14-7-9-16-25(23)28/h3-18H,2H2,1H3. The predicted octanol–water partition coefficient (Wildman–Crippen LogP) is 8.42. The van der Waals surface area contributed by atoms with Crippen molar-refractivity contribution in [2.45, 2.75) is 13.3 Å². The van der Waals surface area contributed by atoms with Crippen LogP contribution in [0.3, 0.4) is 0 Å². The van der Waals surface area contributed by atoms with E-state index >= 15 is 0 Å². The first-order chi connectivity index (χ1) is 14.8. The van der Waals surface area contributed by atoms with Crippen molar-refractivity contribution in [3.63, 3.8) is 0 Å². The fourth-order valence-electron chi connectivity index (χ4n) is 4.57. The minimum Gasteiger partial charge on any atom is -0.385 e. The smallest absolute Gasteiger partial charge is 0.150 e. The third-order valence-corrected chi connectivity index (χ3v) is 6.00. The van der Waals surface area contributed by atoms with Crippen LogP contribution in [0.2, 0.25) is 0 Å². The van der Waals surface area contributed by atoms with Crippen LogP contribution in [0, 0.1) is 0 Å². The first-order valence-electron chi connectivity index (χ1n) is 10.2. The van der Waals surface area contributed by atoms with Gasteiger partial charge in [0.1, 0.15) is 17.6 Å². The first kappa shape index (κ1) is 18.7. The highest BCUT2D eigenvalue weighted by Gasteiger charge is 2.19. The van der Waals surface area contributed by atoms with Gasteiger partial charge in [0.2, 0.25) is 0 Å². The largest absolute Gasteiger partial charge is 0.385 e. The normalized spacial score (nSPS) is 11.1. The van der Waals surface area contributed by atoms with Crippen molar-refractivity contribution >= 4 is 33.4 Å². The molecule has 0 radical (unpaired) electrons. The molecule has 0 aliphatic heterocycles. The first-order valence-corrected chi connectivity index (χ1v) is 10.5. The quantitative estimate of drug-likeness (QED) is 0.271. The molecule has 0 aromatic heterocycles. The van der Waals surface area contributed by atoms with E-state index in [1.807, 2.05) is 12.1 Å². The molecular formula is C28H21ClO. The zero-order valence-electron chi connectivity index (χ0n) is 16.7. The molecule has 0 saturated carbocycles. The lowest BCUT2D eigenvalue weighted by molar-refractivity contribution is 0.610. The van der Waals surface area contributed by atoms with Gasteiger partial charge in [0.25, 0.3) is 0 Å². The van der Waals surface area contributed by atoms with Gasteiger partial charge in [-0.25, -0.2) is 0 Å². The summed E-state index contributed by atoms with van der Waals surface area (Å²) in [5.41, 5.74) is 6.02. The average Bonchev–Trinajstić information content (AvgIpc) is 2.82. The van der Waals surface area contributed by atoms with Crippen LogP contribution in [0.5, 0.6) is 5.75 Å². The Balaban J connectivity index is 1.99. The van der Waals surface area contributed by atoms with Gasteiger partial charge in [0.15, 0.2) is 0 Å². The van der Waals surface area contributed by atoms with Crippen LogP contribution in [-0.2, 0) is 6.42 Å². The van der Waals surface area contributed by atoms with E-state index in [1.165, 1.54) is 43.8 Å². The van der Waals surface area contributed by atoms with E-state index in [0.717, 1.165) is 17.7 Å². The molecule has 5 aromatic carbocycles. The minimum absolute atomic E-state index is 0.719. The third-order valence-electron chi connectivity index (χ3n) is 5.83. The van der Waals surface area contributed by atoms with Crippen molar-refractivity contribution in [1.29, 1.82) is 0 Å². The minimum atomic E-state index is 0.719. The second-order valence-electron chi connectivity index (χ2n) is 7.42. The molecule has 0 spiro atoms. The highest BCUT2D eigenvalue weighted by molar-refractivity contribution is 6.21. The molecule has 146 valence electrons. The zero-order valence-corrected chi connectivity index (χ0v) is 17.5. The van der Waals surface area contributed by atoms with Crippen LogP contribution in [0.15, 0.2) is 97.1 Å². The van der Waals surface area contributed by atoms with Crippen molar-refractivity contribution in [2.75, 3.05) is 0 Å². The Bertz CT molecular complexity index is 1300. The zero-order chi connectivity index (χ0) is 20.5. The molecule has 0 unspecified atom stereocenters. The molecule has 0 fully saturated rings. The lowest BCUT2D eigenvalue weighted by Gasteiger charge is -2.19. The Morgan fingerprint density at radius 1 is 0.600 bits per heavy atom. The molecule has 0 N–H and O–H groups in total. The summed E-state index contributed by atoms with van der Waals surface area (Å²) >= 11 is 5.81. The molecule has 30 heavy (non-hydrogen) atoms. The summed E-state index contributed by atoms with van der Waals surface area (Å²) in [4.78, 5) is 0. The van der Waals surface area contributed by atoms with Crippen molar-refractivity contribution in [3.8, 4) is 28.0 Å². The topological polar surface area (TPSA) is 9.23 Å². The molecule has 2 heteroatoms. The molecule has 0 bridgehead atoms. The number of fused-ring (bicyclic) bond motifs is 2. The highest BCUT2D eigenvalue weighted by atomic mass is 35.5. The number of benzene rings is 5. The second-order valence-corrected chi connectivity index (χ2v) is 7.57. The maximum atomic E-state index is 5.81. The molecule has 0 aliphatic rings. The number of hydrogen-bond donors (Lipinski definition) is 0. The molecule has 0 aliphatic carbocycles. The molecule has 0 amide bonds. The summed E-state index contributed by atoms with van der Waals surface area (Å²) in [6, 6.07) is 34.1. The van der Waals surface area contributed by atoms with E-state index < -0.39 is 0 Å². The van der Waals surface area contributed by atoms with Crippen LogP contribution in [0.1, 0.15) is 12.5 Å². The van der Waals surface area contributed by atoms with Gasteiger partial charge in [-0.1, -0.05) is 97.9 Å². The lowest BCUT2D eigenvalue weighted by atomic mass is 9.84. The van der Waals surface area contributed by atoms with Gasteiger partial charge in [-0.3, -0.25) is 0 Å². The molecular weight excluding hydrogens is 388 g/mol. The average molecular weight is 409 g/mol. The van der Waals surface area contributed by atoms with Crippen molar-refractivity contribution < 1.29 is 4.29 Å². The van der Waals surface area contributed by atoms with E-state index in [2.05, 4.69) is 91.9 Å². The number of hydrogen-bond acceptors (Lipinski definition) is 1. The SMILES string of the molecule is CCc1c(OCl)cccc1-c1c2ccccc2c(-c2ccccc2)c2ccccc12. The fraction of sp³-hybridized carbons (Fsp3) is 0.0714. The predicted molar refractivity (Wildman–Crippen MR) is 128 cm³/mol. The molecule has 0 saturated heterocycles. The summed E-state index contributed by atoms with van der Waals surface area (Å²) in [5, 5.41) is 4.96. The van der Waals surface area contributed by atoms with Crippen molar-refractivity contribution in [2.24, 2.45) is 0 Å². The highest BCUT2D eigenvalue weighted by Crippen LogP contribution is 2.45. The van der Waals surface area contributed by atoms with Crippen LogP contribution in [0.25, 0.3) is 43.8 Å². The van der Waals surface area contributed by atoms with Crippen LogP contribution < -0.4 is 4.29 Å². The van der Waals surface area contributed by atoms with Gasteiger partial charge >= 0.3 is 0 Å². The Morgan fingerprint density at radius 3 is 1.67 bits per heavy atom. The Morgan fingerprint density at radius 2 is 1.13 bits per heavy atom. The fourth-order valence-corrected chi connectivity index (χ4v) is 4.72. The Hall–Kier alpha value is -3.29. The molecule has 5 rings (SSSR count). The van der Waals surface area contributed by atoms with E-state index in [-0.39, 0.29) is 0 Å². The van der Waals surface area contributed by atoms with Gasteiger partial charge < -0.3 is 4.29 Å². The summed E-state index contributed by atoms with van der Waals surface area (Å²) in [5.74, 6) is 0.719. The maximum absolute atomic E-state index is 5.81. The van der Waals surface area contributed by atoms with Gasteiger partial charge in [0, 0.05) is 5.56 Å². The van der Waals surface area contributed by atoms with Gasteiger partial charge in [-0.15, -0.1) is 0 Å². The van der Waals surface area contributed by atoms with E-state index in [1.54, 1.807) is 0 Å². The Kier molecular flexibility index (Phi) is 4.90. The van der Waals surface area contributed by atoms with Gasteiger partial charge in [-0.05, 0) is 56.3 Å². The molecule has 0 heterocycles. The third kappa shape index (κ3) is 2.94. The summed E-state index contributed by atoms with van der Waals surface area (Å²) in [7, 11) is 0. The van der Waals surface area contributed by atoms with E-state index in [0.29, 0.717) is 0 Å². The van der Waals surface area contributed by atoms with Gasteiger partial charge in [0.05, 0.1) is 0 Å². The van der Waals surface area contributed by atoms with E-state index in [9.17, 15) is 0 Å². The van der Waals surface area contributed by atoms with Crippen LogP contribution in [0.4, 0.5) is 0 Å². The van der Waals surface area contributed by atoms with Gasteiger partial charge in [-0.2, -0.15) is 0 Å². The van der Waals surface area contributed by atoms with Crippen molar-refractivity contribution in [1.82, 2.24) is 0 Å². The summed E-state index contributed by atoms with van der Waals surface area (Å²) in [6.45, 7) is 2.14. The molecule has 5 aromatic rings. The number of halogens is 1. The van der Waals surface area contributed by atoms with Crippen LogP contribution >= 0.6 is 11.9 Å². The number of rotatable bonds is 4. The molecule has 1 nitrogen and oxygen atoms in total. The Labute approximate surface area is 181 Å². The van der Waals surface area contributed by atoms with Crippen LogP contribution in [-0.4, -0.2) is 0 Å². The van der Waals surface area contributed by atoms with E-state index in [4.69, 9.17) is 16.2 Å². The monoisotopic (exact) mass is 408 g/mol. The maximum Gasteiger partial charge on any atom is 0.150 e. The van der Waals surface area contributed by atoms with Crippen molar-refractivity contribution in [3.05, 3.63) is 103 Å². The summed E-state index contributed by atoms with van der Waals surface area (Å²) < 4.78 is 5.19. The summed E-state index contributed by atoms with van der Waals surface area (Å²) in [6.07, 6.45) is 0.835. The lowest BCUT2D eigenvalue weighted by Crippen LogP contribution is -1.95.